The number of aliphatic hydroxyl groups is 1. The largest absolute Gasteiger partial charge is 0.385 e. The molecule has 4 rings (SSSR count). The van der Waals surface area contributed by atoms with Crippen molar-refractivity contribution in [3.8, 4) is 0 Å². The molecule has 4 aliphatic rings. The molecule has 114 valence electrons. The minimum absolute atomic E-state index is 0.187. The topological polar surface area (TPSA) is 20.2 Å². The summed E-state index contributed by atoms with van der Waals surface area (Å²) < 4.78 is 0. The van der Waals surface area contributed by atoms with Crippen molar-refractivity contribution in [2.75, 3.05) is 0 Å². The molecule has 1 fully saturated rings. The van der Waals surface area contributed by atoms with Gasteiger partial charge in [0.1, 0.15) is 0 Å². The van der Waals surface area contributed by atoms with Crippen LogP contribution in [0.5, 0.6) is 0 Å². The number of hydrogen-bond donors (Lipinski definition) is 1. The van der Waals surface area contributed by atoms with Gasteiger partial charge in [-0.25, -0.2) is 0 Å². The molecule has 1 saturated carbocycles. The second-order valence-electron chi connectivity index (χ2n) is 8.08. The van der Waals surface area contributed by atoms with Crippen LogP contribution in [0.1, 0.15) is 65.2 Å². The normalized spacial score (nSPS) is 45.6. The minimum Gasteiger partial charge on any atom is -0.385 e. The van der Waals surface area contributed by atoms with E-state index in [1.54, 1.807) is 5.57 Å². The molecule has 1 N–H and O–H groups in total. The van der Waals surface area contributed by atoms with E-state index in [2.05, 4.69) is 32.1 Å². The summed E-state index contributed by atoms with van der Waals surface area (Å²) in [6.07, 6.45) is 16.8. The molecule has 0 aromatic carbocycles. The zero-order valence-electron chi connectivity index (χ0n) is 13.5. The predicted molar refractivity (Wildman–Crippen MR) is 86.9 cm³/mol. The maximum Gasteiger partial charge on any atom is 0.0933 e. The standard InChI is InChI=1S/C20H28O/c1-14-7-8-18-19(14,2)11-10-17-13-16-6-4-3-5-15(16)9-12-20(17,18)21/h7,10,13,15,18,21H,3-6,8-9,11-12H2,1-2H3/t15?,18?,19?,20-/m1/s1. The Morgan fingerprint density at radius 1 is 1.19 bits per heavy atom. The van der Waals surface area contributed by atoms with Crippen LogP contribution in [0.25, 0.3) is 0 Å². The Labute approximate surface area is 128 Å². The Hall–Kier alpha value is -0.820. The Kier molecular flexibility index (Phi) is 3.02. The van der Waals surface area contributed by atoms with Gasteiger partial charge in [-0.2, -0.15) is 0 Å². The minimum atomic E-state index is -0.578. The van der Waals surface area contributed by atoms with Crippen LogP contribution in [-0.4, -0.2) is 10.7 Å². The highest BCUT2D eigenvalue weighted by molar-refractivity contribution is 5.42. The van der Waals surface area contributed by atoms with Crippen LogP contribution in [0.3, 0.4) is 0 Å². The molecular weight excluding hydrogens is 256 g/mol. The highest BCUT2D eigenvalue weighted by Crippen LogP contribution is 2.58. The highest BCUT2D eigenvalue weighted by Gasteiger charge is 2.54. The molecule has 21 heavy (non-hydrogen) atoms. The van der Waals surface area contributed by atoms with Gasteiger partial charge in [-0.15, -0.1) is 0 Å². The van der Waals surface area contributed by atoms with Gasteiger partial charge in [0, 0.05) is 5.92 Å². The van der Waals surface area contributed by atoms with Crippen molar-refractivity contribution in [2.24, 2.45) is 17.3 Å². The molecule has 3 unspecified atom stereocenters. The monoisotopic (exact) mass is 284 g/mol. The molecular formula is C20H28O. The number of hydrogen-bond acceptors (Lipinski definition) is 1. The lowest BCUT2D eigenvalue weighted by Gasteiger charge is -2.48. The summed E-state index contributed by atoms with van der Waals surface area (Å²) >= 11 is 0. The fraction of sp³-hybridized carbons (Fsp3) is 0.700. The summed E-state index contributed by atoms with van der Waals surface area (Å²) in [4.78, 5) is 0. The Morgan fingerprint density at radius 2 is 2.05 bits per heavy atom. The zero-order chi connectivity index (χ0) is 14.7. The lowest BCUT2D eigenvalue weighted by atomic mass is 9.59. The summed E-state index contributed by atoms with van der Waals surface area (Å²) in [7, 11) is 0. The third-order valence-electron chi connectivity index (χ3n) is 7.16. The average Bonchev–Trinajstić information content (AvgIpc) is 2.69. The molecule has 0 radical (unpaired) electrons. The van der Waals surface area contributed by atoms with E-state index in [1.165, 1.54) is 43.3 Å². The van der Waals surface area contributed by atoms with Crippen molar-refractivity contribution in [1.29, 1.82) is 0 Å². The molecule has 0 aromatic heterocycles. The second-order valence-corrected chi connectivity index (χ2v) is 8.08. The zero-order valence-corrected chi connectivity index (χ0v) is 13.5. The van der Waals surface area contributed by atoms with Gasteiger partial charge < -0.3 is 5.11 Å². The highest BCUT2D eigenvalue weighted by atomic mass is 16.3. The lowest BCUT2D eigenvalue weighted by molar-refractivity contribution is -0.0377. The first kappa shape index (κ1) is 13.8. The lowest BCUT2D eigenvalue weighted by Crippen LogP contribution is -2.48. The van der Waals surface area contributed by atoms with Gasteiger partial charge >= 0.3 is 0 Å². The first-order chi connectivity index (χ1) is 10.0. The number of allylic oxidation sites excluding steroid dienone is 4. The molecule has 0 heterocycles. The molecule has 0 bridgehead atoms. The van der Waals surface area contributed by atoms with E-state index >= 15 is 0 Å². The van der Waals surface area contributed by atoms with E-state index < -0.39 is 5.60 Å². The van der Waals surface area contributed by atoms with Crippen molar-refractivity contribution in [2.45, 2.75) is 70.8 Å². The summed E-state index contributed by atoms with van der Waals surface area (Å²) in [5.74, 6) is 1.14. The van der Waals surface area contributed by atoms with Gasteiger partial charge in [0.05, 0.1) is 5.60 Å². The van der Waals surface area contributed by atoms with Crippen LogP contribution in [0, 0.1) is 17.3 Å². The Bertz CT molecular complexity index is 552. The molecule has 0 aliphatic heterocycles. The second kappa shape index (κ2) is 4.59. The van der Waals surface area contributed by atoms with E-state index in [0.717, 1.165) is 25.2 Å². The van der Waals surface area contributed by atoms with Crippen molar-refractivity contribution in [3.05, 3.63) is 34.9 Å². The van der Waals surface area contributed by atoms with Crippen molar-refractivity contribution >= 4 is 0 Å². The quantitative estimate of drug-likeness (QED) is 0.625. The van der Waals surface area contributed by atoms with Crippen molar-refractivity contribution in [1.82, 2.24) is 0 Å². The van der Waals surface area contributed by atoms with Crippen LogP contribution in [0.4, 0.5) is 0 Å². The van der Waals surface area contributed by atoms with E-state index in [9.17, 15) is 5.11 Å². The van der Waals surface area contributed by atoms with Gasteiger partial charge in [0.15, 0.2) is 0 Å². The van der Waals surface area contributed by atoms with Gasteiger partial charge in [0.2, 0.25) is 0 Å². The smallest absolute Gasteiger partial charge is 0.0933 e. The fourth-order valence-electron chi connectivity index (χ4n) is 5.51. The van der Waals surface area contributed by atoms with Crippen molar-refractivity contribution in [3.63, 3.8) is 0 Å². The third kappa shape index (κ3) is 1.86. The van der Waals surface area contributed by atoms with E-state index in [-0.39, 0.29) is 5.41 Å². The van der Waals surface area contributed by atoms with Crippen LogP contribution in [-0.2, 0) is 0 Å². The maximum atomic E-state index is 11.6. The Morgan fingerprint density at radius 3 is 2.90 bits per heavy atom. The summed E-state index contributed by atoms with van der Waals surface area (Å²) in [5, 5.41) is 11.6. The van der Waals surface area contributed by atoms with Gasteiger partial charge in [-0.3, -0.25) is 0 Å². The van der Waals surface area contributed by atoms with Gasteiger partial charge in [0.25, 0.3) is 0 Å². The average molecular weight is 284 g/mol. The SMILES string of the molecule is CC1=CCC2C1(C)CC=C1C=C3CCCCC3CC[C@@]12O. The maximum absolute atomic E-state index is 11.6. The van der Waals surface area contributed by atoms with E-state index in [1.807, 2.05) is 0 Å². The Balaban J connectivity index is 1.75. The number of rotatable bonds is 0. The predicted octanol–water partition coefficient (Wildman–Crippen LogP) is 4.93. The summed E-state index contributed by atoms with van der Waals surface area (Å²) in [6.45, 7) is 4.63. The molecule has 0 saturated heterocycles. The molecule has 0 aromatic rings. The van der Waals surface area contributed by atoms with Crippen LogP contribution in [0.2, 0.25) is 0 Å². The van der Waals surface area contributed by atoms with E-state index in [4.69, 9.17) is 0 Å². The van der Waals surface area contributed by atoms with Crippen molar-refractivity contribution < 1.29 is 5.11 Å². The molecule has 0 amide bonds. The van der Waals surface area contributed by atoms with Gasteiger partial charge in [-0.05, 0) is 68.8 Å². The molecule has 4 aliphatic carbocycles. The molecule has 1 heteroatoms. The van der Waals surface area contributed by atoms with E-state index in [0.29, 0.717) is 5.92 Å². The summed E-state index contributed by atoms with van der Waals surface area (Å²) in [5.41, 5.74) is 3.99. The number of fused-ring (bicyclic) bond motifs is 4. The van der Waals surface area contributed by atoms with Crippen LogP contribution < -0.4 is 0 Å². The van der Waals surface area contributed by atoms with Crippen LogP contribution in [0.15, 0.2) is 34.9 Å². The summed E-state index contributed by atoms with van der Waals surface area (Å²) in [6, 6.07) is 0. The first-order valence-corrected chi connectivity index (χ1v) is 8.85. The first-order valence-electron chi connectivity index (χ1n) is 8.85. The van der Waals surface area contributed by atoms with Gasteiger partial charge in [-0.1, -0.05) is 42.7 Å². The molecule has 0 spiro atoms. The molecule has 4 atom stereocenters. The fourth-order valence-corrected chi connectivity index (χ4v) is 5.51. The van der Waals surface area contributed by atoms with Crippen LogP contribution >= 0.6 is 0 Å². The molecule has 1 nitrogen and oxygen atoms in total. The third-order valence-corrected chi connectivity index (χ3v) is 7.16.